The van der Waals surface area contributed by atoms with E-state index in [4.69, 9.17) is 11.5 Å². The Balaban J connectivity index is 1.93. The topological polar surface area (TPSA) is 317 Å². The predicted octanol–water partition coefficient (Wildman–Crippen LogP) is -4.25. The first-order valence-electron chi connectivity index (χ1n) is 18.1. The van der Waals surface area contributed by atoms with Crippen molar-refractivity contribution >= 4 is 59.2 Å². The summed E-state index contributed by atoms with van der Waals surface area (Å²) in [4.78, 5) is 125. The highest BCUT2D eigenvalue weighted by atomic mass is 16.4. The molecule has 3 aliphatic rings. The van der Waals surface area contributed by atoms with Gasteiger partial charge in [-0.3, -0.25) is 48.1 Å². The van der Waals surface area contributed by atoms with Gasteiger partial charge in [0.15, 0.2) is 5.96 Å². The van der Waals surface area contributed by atoms with E-state index in [9.17, 15) is 48.3 Å². The molecule has 21 heteroatoms. The fourth-order valence-corrected chi connectivity index (χ4v) is 6.58. The highest BCUT2D eigenvalue weighted by Gasteiger charge is 2.44. The highest BCUT2D eigenvalue weighted by molar-refractivity contribution is 5.98. The van der Waals surface area contributed by atoms with Crippen molar-refractivity contribution in [2.75, 3.05) is 32.7 Å². The van der Waals surface area contributed by atoms with Crippen LogP contribution in [0, 0.1) is 5.92 Å². The first kappa shape index (κ1) is 42.9. The number of nitrogens with one attached hydrogen (secondary N) is 6. The quantitative estimate of drug-likeness (QED) is 0.0645. The Labute approximate surface area is 312 Å². The minimum Gasteiger partial charge on any atom is -0.481 e. The second-order valence-electron chi connectivity index (χ2n) is 14.0. The number of aliphatic carboxylic acids is 1. The fraction of sp³-hybridized carbons (Fsp3) is 0.697. The number of amides is 8. The summed E-state index contributed by atoms with van der Waals surface area (Å²) in [6, 6.07) is -7.05. The number of nitrogens with zero attached hydrogens (tertiary/aromatic N) is 3. The van der Waals surface area contributed by atoms with Crippen LogP contribution in [-0.2, 0) is 43.2 Å². The molecule has 0 spiro atoms. The smallest absolute Gasteiger partial charge is 0.305 e. The van der Waals surface area contributed by atoms with Gasteiger partial charge in [0.05, 0.1) is 19.5 Å². The Morgan fingerprint density at radius 1 is 0.759 bits per heavy atom. The van der Waals surface area contributed by atoms with Gasteiger partial charge in [0.1, 0.15) is 36.3 Å². The van der Waals surface area contributed by atoms with Gasteiger partial charge < -0.3 is 58.3 Å². The van der Waals surface area contributed by atoms with Crippen molar-refractivity contribution in [3.63, 3.8) is 0 Å². The third-order valence-electron chi connectivity index (χ3n) is 9.21. The van der Waals surface area contributed by atoms with Crippen LogP contribution in [0.1, 0.15) is 72.1 Å². The number of hydrogen-bond donors (Lipinski definition) is 9. The summed E-state index contributed by atoms with van der Waals surface area (Å²) < 4.78 is 0. The number of hydrogen-bond acceptors (Lipinski definition) is 10. The maximum Gasteiger partial charge on any atom is 0.305 e. The van der Waals surface area contributed by atoms with Crippen LogP contribution < -0.4 is 43.4 Å². The molecule has 3 fully saturated rings. The maximum absolute atomic E-state index is 14.0. The number of carboxylic acids is 1. The van der Waals surface area contributed by atoms with Crippen LogP contribution in [0.3, 0.4) is 0 Å². The summed E-state index contributed by atoms with van der Waals surface area (Å²) in [7, 11) is 0. The van der Waals surface area contributed by atoms with Gasteiger partial charge in [0.2, 0.25) is 47.3 Å². The van der Waals surface area contributed by atoms with Crippen LogP contribution in [0.4, 0.5) is 0 Å². The molecular formula is C33H53N11O10. The van der Waals surface area contributed by atoms with E-state index in [1.165, 1.54) is 16.7 Å². The van der Waals surface area contributed by atoms with Crippen LogP contribution in [0.5, 0.6) is 0 Å². The Morgan fingerprint density at radius 3 is 1.93 bits per heavy atom. The molecule has 6 atom stereocenters. The molecule has 0 aromatic heterocycles. The lowest BCUT2D eigenvalue weighted by atomic mass is 10.0. The van der Waals surface area contributed by atoms with E-state index >= 15 is 0 Å². The van der Waals surface area contributed by atoms with E-state index < -0.39 is 109 Å². The van der Waals surface area contributed by atoms with Crippen molar-refractivity contribution in [3.05, 3.63) is 0 Å². The van der Waals surface area contributed by atoms with Crippen molar-refractivity contribution in [1.29, 1.82) is 0 Å². The molecule has 21 nitrogen and oxygen atoms in total. The van der Waals surface area contributed by atoms with E-state index in [0.717, 1.165) is 0 Å². The fourth-order valence-electron chi connectivity index (χ4n) is 6.58. The Hall–Kier alpha value is -5.50. The van der Waals surface area contributed by atoms with Crippen molar-refractivity contribution < 1.29 is 48.3 Å². The van der Waals surface area contributed by atoms with E-state index in [1.54, 1.807) is 0 Å². The predicted molar refractivity (Wildman–Crippen MR) is 191 cm³/mol. The van der Waals surface area contributed by atoms with Crippen molar-refractivity contribution in [2.45, 2.75) is 108 Å². The number of carboxylic acid groups (broad SMARTS) is 1. The number of rotatable bonds is 8. The SMILES string of the molecule is CC(C)C[C@@H]1NC(=O)[C@H](CC(=O)O)NC(=O)CNC(=O)[C@H](CCCN=C(N)N)NC(=O)CNC(=O)[C@H](C)NC(=O)[C@@H]2CCCN2C(=O)[C@H]2CCCN2C1=O. The average Bonchev–Trinajstić information content (AvgIpc) is 3.80. The summed E-state index contributed by atoms with van der Waals surface area (Å²) in [6.45, 7) is 4.25. The Bertz CT molecular complexity index is 1480. The minimum atomic E-state index is -1.65. The van der Waals surface area contributed by atoms with Gasteiger partial charge in [-0.05, 0) is 57.8 Å². The third kappa shape index (κ3) is 12.6. The van der Waals surface area contributed by atoms with Crippen LogP contribution in [0.25, 0.3) is 0 Å². The van der Waals surface area contributed by atoms with E-state index in [1.807, 2.05) is 13.8 Å². The van der Waals surface area contributed by atoms with Gasteiger partial charge in [0, 0.05) is 19.6 Å². The lowest BCUT2D eigenvalue weighted by Crippen LogP contribution is -2.59. The molecule has 54 heavy (non-hydrogen) atoms. The van der Waals surface area contributed by atoms with Gasteiger partial charge in [0.25, 0.3) is 0 Å². The zero-order valence-corrected chi connectivity index (χ0v) is 30.9. The van der Waals surface area contributed by atoms with Crippen LogP contribution in [0.15, 0.2) is 4.99 Å². The van der Waals surface area contributed by atoms with Gasteiger partial charge in [-0.1, -0.05) is 13.8 Å². The first-order valence-corrected chi connectivity index (χ1v) is 18.1. The molecule has 0 bridgehead atoms. The highest BCUT2D eigenvalue weighted by Crippen LogP contribution is 2.26. The molecule has 0 aromatic rings. The molecule has 0 saturated carbocycles. The van der Waals surface area contributed by atoms with Gasteiger partial charge in [-0.15, -0.1) is 0 Å². The molecule has 8 amide bonds. The zero-order valence-electron chi connectivity index (χ0n) is 30.9. The van der Waals surface area contributed by atoms with Gasteiger partial charge in [-0.2, -0.15) is 0 Å². The van der Waals surface area contributed by atoms with Gasteiger partial charge >= 0.3 is 5.97 Å². The Kier molecular flexibility index (Phi) is 16.0. The second kappa shape index (κ2) is 20.1. The molecule has 0 aromatic carbocycles. The number of nitrogens with two attached hydrogens (primary N) is 2. The van der Waals surface area contributed by atoms with E-state index in [-0.39, 0.29) is 50.8 Å². The minimum absolute atomic E-state index is 0.000174. The van der Waals surface area contributed by atoms with Crippen LogP contribution in [-0.4, -0.2) is 143 Å². The largest absolute Gasteiger partial charge is 0.481 e. The van der Waals surface area contributed by atoms with Crippen molar-refractivity contribution in [1.82, 2.24) is 41.7 Å². The molecule has 3 rings (SSSR count). The number of carbonyl (C=O) groups excluding carboxylic acids is 8. The average molecular weight is 764 g/mol. The number of aliphatic imine (C=N–C) groups is 1. The lowest BCUT2D eigenvalue weighted by Gasteiger charge is -2.33. The monoisotopic (exact) mass is 763 g/mol. The summed E-state index contributed by atoms with van der Waals surface area (Å²) >= 11 is 0. The van der Waals surface area contributed by atoms with Gasteiger partial charge in [-0.25, -0.2) is 0 Å². The van der Waals surface area contributed by atoms with Crippen LogP contribution >= 0.6 is 0 Å². The summed E-state index contributed by atoms with van der Waals surface area (Å²) in [5.74, 6) is -7.59. The third-order valence-corrected chi connectivity index (χ3v) is 9.21. The Morgan fingerprint density at radius 2 is 1.33 bits per heavy atom. The molecule has 0 radical (unpaired) electrons. The van der Waals surface area contributed by atoms with E-state index in [2.05, 4.69) is 36.9 Å². The zero-order chi connectivity index (χ0) is 40.1. The van der Waals surface area contributed by atoms with Crippen LogP contribution in [0.2, 0.25) is 0 Å². The molecule has 3 aliphatic heterocycles. The maximum atomic E-state index is 14.0. The summed E-state index contributed by atoms with van der Waals surface area (Å²) in [6.07, 6.45) is 1.06. The van der Waals surface area contributed by atoms with Crippen molar-refractivity contribution in [3.8, 4) is 0 Å². The normalized spacial score (nSPS) is 27.0. The number of guanidine groups is 1. The molecule has 0 aliphatic carbocycles. The molecule has 3 saturated heterocycles. The number of fused-ring (bicyclic) bond motifs is 2. The molecule has 0 unspecified atom stereocenters. The first-order chi connectivity index (χ1) is 25.5. The summed E-state index contributed by atoms with van der Waals surface area (Å²) in [5.41, 5.74) is 10.7. The molecular weight excluding hydrogens is 710 g/mol. The molecule has 300 valence electrons. The molecule has 11 N–H and O–H groups in total. The lowest BCUT2D eigenvalue weighted by molar-refractivity contribution is -0.148. The second-order valence-corrected chi connectivity index (χ2v) is 14.0. The van der Waals surface area contributed by atoms with Crippen molar-refractivity contribution in [2.24, 2.45) is 22.4 Å². The van der Waals surface area contributed by atoms with E-state index in [0.29, 0.717) is 25.7 Å². The standard InChI is InChI=1S/C33H53N11O10/c1-17(2)13-21-31(53)44-12-6-9-23(44)32(54)43-11-5-8-22(43)30(52)39-18(3)27(49)37-15-24(45)40-19(7-4-10-36-33(34)35)28(50)38-16-25(46)41-20(14-26(47)48)29(51)42-21/h17-23H,4-16H2,1-3H3,(H,37,49)(H,38,50)(H,39,52)(H,40,45)(H,41,46)(H,42,51)(H,47,48)(H4,34,35,36)/t18-,19-,20-,21-,22-,23+/m0/s1. The molecule has 3 heterocycles. The number of carbonyl (C=O) groups is 9. The summed E-state index contributed by atoms with van der Waals surface area (Å²) in [5, 5.41) is 24.2.